The van der Waals surface area contributed by atoms with Crippen LogP contribution in [0.3, 0.4) is 0 Å². The van der Waals surface area contributed by atoms with Crippen LogP contribution in [0, 0.1) is 6.92 Å². The van der Waals surface area contributed by atoms with E-state index in [4.69, 9.17) is 5.73 Å². The zero-order chi connectivity index (χ0) is 8.97. The summed E-state index contributed by atoms with van der Waals surface area (Å²) < 4.78 is 0. The van der Waals surface area contributed by atoms with Crippen LogP contribution in [0.15, 0.2) is 24.3 Å². The third-order valence-electron chi connectivity index (χ3n) is 2.15. The Labute approximate surface area is 73.8 Å². The van der Waals surface area contributed by atoms with Crippen molar-refractivity contribution in [1.29, 1.82) is 0 Å². The van der Waals surface area contributed by atoms with E-state index in [0.29, 0.717) is 6.54 Å². The molecule has 0 aliphatic rings. The first kappa shape index (κ1) is 9.23. The van der Waals surface area contributed by atoms with E-state index in [1.54, 1.807) is 0 Å². The summed E-state index contributed by atoms with van der Waals surface area (Å²) in [5, 5.41) is 3.18. The van der Waals surface area contributed by atoms with E-state index in [1.165, 1.54) is 11.1 Å². The van der Waals surface area contributed by atoms with Crippen molar-refractivity contribution in [2.75, 3.05) is 13.6 Å². The molecular formula is C10H16N2. The van der Waals surface area contributed by atoms with Crippen molar-refractivity contribution in [3.63, 3.8) is 0 Å². The summed E-state index contributed by atoms with van der Waals surface area (Å²) in [4.78, 5) is 0. The third kappa shape index (κ3) is 1.84. The fourth-order valence-corrected chi connectivity index (χ4v) is 1.38. The molecule has 1 unspecified atom stereocenters. The molecule has 66 valence electrons. The van der Waals surface area contributed by atoms with Crippen LogP contribution < -0.4 is 11.1 Å². The average molecular weight is 164 g/mol. The van der Waals surface area contributed by atoms with E-state index in [9.17, 15) is 0 Å². The van der Waals surface area contributed by atoms with Crippen LogP contribution in [0.5, 0.6) is 0 Å². The van der Waals surface area contributed by atoms with Crippen molar-refractivity contribution in [2.45, 2.75) is 13.0 Å². The van der Waals surface area contributed by atoms with Crippen LogP contribution >= 0.6 is 0 Å². The van der Waals surface area contributed by atoms with Crippen LogP contribution in [0.25, 0.3) is 0 Å². The van der Waals surface area contributed by atoms with Crippen LogP contribution in [0.1, 0.15) is 17.2 Å². The quantitative estimate of drug-likeness (QED) is 0.704. The van der Waals surface area contributed by atoms with Gasteiger partial charge in [-0.1, -0.05) is 24.3 Å². The Balaban J connectivity index is 2.92. The molecule has 1 atom stereocenters. The van der Waals surface area contributed by atoms with E-state index < -0.39 is 0 Å². The Morgan fingerprint density at radius 1 is 1.42 bits per heavy atom. The predicted octanol–water partition coefficient (Wildman–Crippen LogP) is 1.21. The lowest BCUT2D eigenvalue weighted by Gasteiger charge is -2.16. The molecule has 0 saturated heterocycles. The van der Waals surface area contributed by atoms with Gasteiger partial charge in [-0.3, -0.25) is 0 Å². The second-order valence-electron chi connectivity index (χ2n) is 2.93. The number of nitrogens with two attached hydrogens (primary N) is 1. The highest BCUT2D eigenvalue weighted by molar-refractivity contribution is 5.28. The summed E-state index contributed by atoms with van der Waals surface area (Å²) >= 11 is 0. The van der Waals surface area contributed by atoms with E-state index >= 15 is 0 Å². The van der Waals surface area contributed by atoms with E-state index in [-0.39, 0.29) is 6.04 Å². The molecule has 0 aliphatic carbocycles. The molecule has 0 bridgehead atoms. The first-order valence-electron chi connectivity index (χ1n) is 4.22. The van der Waals surface area contributed by atoms with Gasteiger partial charge >= 0.3 is 0 Å². The molecule has 0 saturated carbocycles. The van der Waals surface area contributed by atoms with E-state index in [1.807, 2.05) is 19.2 Å². The second-order valence-corrected chi connectivity index (χ2v) is 2.93. The van der Waals surface area contributed by atoms with Crippen molar-refractivity contribution in [2.24, 2.45) is 5.73 Å². The van der Waals surface area contributed by atoms with Gasteiger partial charge in [-0.05, 0) is 25.1 Å². The molecule has 3 N–H and O–H groups in total. The number of aryl methyl sites for hydroxylation is 1. The van der Waals surface area contributed by atoms with Crippen LogP contribution in [0.2, 0.25) is 0 Å². The number of hydrogen-bond donors (Lipinski definition) is 2. The van der Waals surface area contributed by atoms with Crippen molar-refractivity contribution < 1.29 is 0 Å². The van der Waals surface area contributed by atoms with Gasteiger partial charge in [0, 0.05) is 12.6 Å². The molecule has 0 amide bonds. The topological polar surface area (TPSA) is 38.0 Å². The Morgan fingerprint density at radius 2 is 2.08 bits per heavy atom. The SMILES string of the molecule is CNC(CN)c1ccccc1C. The van der Waals surface area contributed by atoms with Gasteiger partial charge < -0.3 is 11.1 Å². The fraction of sp³-hybridized carbons (Fsp3) is 0.400. The van der Waals surface area contributed by atoms with Crippen molar-refractivity contribution in [3.8, 4) is 0 Å². The molecule has 1 rings (SSSR count). The number of nitrogens with one attached hydrogen (secondary N) is 1. The zero-order valence-corrected chi connectivity index (χ0v) is 7.67. The minimum absolute atomic E-state index is 0.284. The minimum Gasteiger partial charge on any atom is -0.329 e. The highest BCUT2D eigenvalue weighted by Crippen LogP contribution is 2.15. The number of hydrogen-bond acceptors (Lipinski definition) is 2. The van der Waals surface area contributed by atoms with Gasteiger partial charge in [-0.25, -0.2) is 0 Å². The Hall–Kier alpha value is -0.860. The fourth-order valence-electron chi connectivity index (χ4n) is 1.38. The molecule has 0 spiro atoms. The molecule has 1 aromatic rings. The maximum atomic E-state index is 5.62. The summed E-state index contributed by atoms with van der Waals surface area (Å²) in [6, 6.07) is 8.59. The van der Waals surface area contributed by atoms with Gasteiger partial charge in [0.1, 0.15) is 0 Å². The number of likely N-dealkylation sites (N-methyl/N-ethyl adjacent to an activating group) is 1. The maximum absolute atomic E-state index is 5.62. The molecule has 12 heavy (non-hydrogen) atoms. The van der Waals surface area contributed by atoms with Gasteiger partial charge in [0.25, 0.3) is 0 Å². The standard InChI is InChI=1S/C10H16N2/c1-8-5-3-4-6-9(8)10(7-11)12-2/h3-6,10,12H,7,11H2,1-2H3. The summed E-state index contributed by atoms with van der Waals surface area (Å²) in [6.07, 6.45) is 0. The Morgan fingerprint density at radius 3 is 2.58 bits per heavy atom. The van der Waals surface area contributed by atoms with Gasteiger partial charge in [0.15, 0.2) is 0 Å². The molecule has 0 aliphatic heterocycles. The molecular weight excluding hydrogens is 148 g/mol. The van der Waals surface area contributed by atoms with Crippen molar-refractivity contribution >= 4 is 0 Å². The largest absolute Gasteiger partial charge is 0.329 e. The summed E-state index contributed by atoms with van der Waals surface area (Å²) in [6.45, 7) is 2.75. The summed E-state index contributed by atoms with van der Waals surface area (Å²) in [5.41, 5.74) is 8.21. The lowest BCUT2D eigenvalue weighted by atomic mass is 10.0. The third-order valence-corrected chi connectivity index (χ3v) is 2.15. The zero-order valence-electron chi connectivity index (χ0n) is 7.67. The molecule has 1 aromatic carbocycles. The first-order valence-corrected chi connectivity index (χ1v) is 4.22. The highest BCUT2D eigenvalue weighted by Gasteiger charge is 2.07. The minimum atomic E-state index is 0.284. The summed E-state index contributed by atoms with van der Waals surface area (Å²) in [7, 11) is 1.93. The molecule has 2 nitrogen and oxygen atoms in total. The monoisotopic (exact) mass is 164 g/mol. The highest BCUT2D eigenvalue weighted by atomic mass is 14.9. The van der Waals surface area contributed by atoms with E-state index in [2.05, 4.69) is 24.4 Å². The lowest BCUT2D eigenvalue weighted by molar-refractivity contribution is 0.602. The van der Waals surface area contributed by atoms with E-state index in [0.717, 1.165) is 0 Å². The second kappa shape index (κ2) is 4.24. The number of rotatable bonds is 3. The predicted molar refractivity (Wildman–Crippen MR) is 52.0 cm³/mol. The summed E-state index contributed by atoms with van der Waals surface area (Å²) in [5.74, 6) is 0. The van der Waals surface area contributed by atoms with Crippen LogP contribution in [-0.4, -0.2) is 13.6 Å². The van der Waals surface area contributed by atoms with Crippen LogP contribution in [-0.2, 0) is 0 Å². The van der Waals surface area contributed by atoms with Crippen molar-refractivity contribution in [1.82, 2.24) is 5.32 Å². The van der Waals surface area contributed by atoms with Crippen molar-refractivity contribution in [3.05, 3.63) is 35.4 Å². The molecule has 0 heterocycles. The number of benzene rings is 1. The molecule has 0 aromatic heterocycles. The normalized spacial score (nSPS) is 12.9. The van der Waals surface area contributed by atoms with Crippen LogP contribution in [0.4, 0.5) is 0 Å². The van der Waals surface area contributed by atoms with Gasteiger partial charge in [-0.2, -0.15) is 0 Å². The van der Waals surface area contributed by atoms with Gasteiger partial charge in [0.05, 0.1) is 0 Å². The maximum Gasteiger partial charge on any atom is 0.0444 e. The Kier molecular flexibility index (Phi) is 3.26. The average Bonchev–Trinajstić information content (AvgIpc) is 2.10. The Bertz CT molecular complexity index is 241. The lowest BCUT2D eigenvalue weighted by Crippen LogP contribution is -2.25. The van der Waals surface area contributed by atoms with Gasteiger partial charge in [-0.15, -0.1) is 0 Å². The molecule has 0 fully saturated rings. The van der Waals surface area contributed by atoms with Gasteiger partial charge in [0.2, 0.25) is 0 Å². The first-order chi connectivity index (χ1) is 5.79. The smallest absolute Gasteiger partial charge is 0.0444 e. The molecule has 2 heteroatoms. The molecule has 0 radical (unpaired) electrons.